The molecule has 9 heteroatoms. The van der Waals surface area contributed by atoms with Crippen LogP contribution in [0.4, 0.5) is 10.1 Å². The van der Waals surface area contributed by atoms with Crippen LogP contribution < -0.4 is 5.32 Å². The molecule has 0 aliphatic carbocycles. The standard InChI is InChI=1S/C16H18FN3O4S/c1-10-8-11(17)2-3-13(10)18-16(22)14-4-5-15(21)20(19-14)12-6-7-25(23,24)9-12/h2-3,8,12H,4-7,9H2,1H3,(H,18,22). The molecular weight excluding hydrogens is 349 g/mol. The summed E-state index contributed by atoms with van der Waals surface area (Å²) in [6.45, 7) is 1.67. The summed E-state index contributed by atoms with van der Waals surface area (Å²) in [5, 5.41) is 7.90. The van der Waals surface area contributed by atoms with E-state index in [0.717, 1.165) is 5.01 Å². The van der Waals surface area contributed by atoms with Gasteiger partial charge in [-0.2, -0.15) is 5.10 Å². The second kappa shape index (κ2) is 6.55. The van der Waals surface area contributed by atoms with Crippen molar-refractivity contribution in [3.05, 3.63) is 29.6 Å². The zero-order valence-electron chi connectivity index (χ0n) is 13.7. The molecule has 0 bridgehead atoms. The Bertz CT molecular complexity index is 866. The van der Waals surface area contributed by atoms with Crippen LogP contribution in [-0.2, 0) is 19.4 Å². The van der Waals surface area contributed by atoms with Crippen molar-refractivity contribution >= 4 is 33.1 Å². The SMILES string of the molecule is Cc1cc(F)ccc1NC(=O)C1=NN(C2CCS(=O)(=O)C2)C(=O)CC1. The van der Waals surface area contributed by atoms with Crippen molar-refractivity contribution in [1.29, 1.82) is 0 Å². The van der Waals surface area contributed by atoms with Gasteiger partial charge in [0.25, 0.3) is 5.91 Å². The van der Waals surface area contributed by atoms with E-state index in [9.17, 15) is 22.4 Å². The zero-order chi connectivity index (χ0) is 18.2. The molecule has 0 aromatic heterocycles. The van der Waals surface area contributed by atoms with Crippen molar-refractivity contribution in [3.8, 4) is 0 Å². The van der Waals surface area contributed by atoms with Crippen molar-refractivity contribution in [1.82, 2.24) is 5.01 Å². The number of amides is 2. The highest BCUT2D eigenvalue weighted by molar-refractivity contribution is 7.91. The molecule has 1 N–H and O–H groups in total. The van der Waals surface area contributed by atoms with Gasteiger partial charge in [0.1, 0.15) is 11.5 Å². The summed E-state index contributed by atoms with van der Waals surface area (Å²) in [5.74, 6) is -1.27. The Kier molecular flexibility index (Phi) is 4.59. The summed E-state index contributed by atoms with van der Waals surface area (Å²) in [5.41, 5.74) is 1.19. The van der Waals surface area contributed by atoms with E-state index in [1.54, 1.807) is 6.92 Å². The minimum absolute atomic E-state index is 0.0211. The number of nitrogens with one attached hydrogen (secondary N) is 1. The van der Waals surface area contributed by atoms with Crippen molar-refractivity contribution in [2.45, 2.75) is 32.2 Å². The van der Waals surface area contributed by atoms with Crippen LogP contribution in [-0.4, -0.2) is 48.5 Å². The molecule has 7 nitrogen and oxygen atoms in total. The molecular formula is C16H18FN3O4S. The first-order chi connectivity index (χ1) is 11.7. The van der Waals surface area contributed by atoms with E-state index >= 15 is 0 Å². The lowest BCUT2D eigenvalue weighted by Crippen LogP contribution is -2.42. The minimum Gasteiger partial charge on any atom is -0.321 e. The van der Waals surface area contributed by atoms with Crippen LogP contribution in [0.2, 0.25) is 0 Å². The van der Waals surface area contributed by atoms with E-state index in [-0.39, 0.29) is 36.0 Å². The van der Waals surface area contributed by atoms with Crippen LogP contribution in [0.15, 0.2) is 23.3 Å². The molecule has 2 aliphatic rings. The Labute approximate surface area is 144 Å². The molecule has 0 saturated carbocycles. The number of hydrogen-bond donors (Lipinski definition) is 1. The van der Waals surface area contributed by atoms with Gasteiger partial charge in [0.2, 0.25) is 5.91 Å². The Morgan fingerprint density at radius 3 is 2.76 bits per heavy atom. The molecule has 1 aromatic carbocycles. The molecule has 2 aliphatic heterocycles. The Morgan fingerprint density at radius 1 is 1.36 bits per heavy atom. The van der Waals surface area contributed by atoms with E-state index in [2.05, 4.69) is 10.4 Å². The van der Waals surface area contributed by atoms with E-state index in [4.69, 9.17) is 0 Å². The van der Waals surface area contributed by atoms with Crippen molar-refractivity contribution in [2.24, 2.45) is 5.10 Å². The van der Waals surface area contributed by atoms with E-state index < -0.39 is 27.6 Å². The normalized spacial score (nSPS) is 22.6. The Balaban J connectivity index is 1.77. The highest BCUT2D eigenvalue weighted by Gasteiger charge is 2.37. The quantitative estimate of drug-likeness (QED) is 0.869. The van der Waals surface area contributed by atoms with Gasteiger partial charge in [-0.3, -0.25) is 9.59 Å². The van der Waals surface area contributed by atoms with Gasteiger partial charge in [0.15, 0.2) is 9.84 Å². The number of rotatable bonds is 3. The molecule has 1 atom stereocenters. The van der Waals surface area contributed by atoms with Gasteiger partial charge in [-0.25, -0.2) is 17.8 Å². The molecule has 1 aromatic rings. The smallest absolute Gasteiger partial charge is 0.271 e. The molecule has 3 rings (SSSR count). The average molecular weight is 367 g/mol. The fourth-order valence-corrected chi connectivity index (χ4v) is 4.64. The summed E-state index contributed by atoms with van der Waals surface area (Å²) < 4.78 is 36.4. The second-order valence-corrected chi connectivity index (χ2v) is 8.48. The van der Waals surface area contributed by atoms with Gasteiger partial charge in [0.05, 0.1) is 17.5 Å². The summed E-state index contributed by atoms with van der Waals surface area (Å²) in [6, 6.07) is 3.48. The topological polar surface area (TPSA) is 95.9 Å². The molecule has 25 heavy (non-hydrogen) atoms. The van der Waals surface area contributed by atoms with Gasteiger partial charge in [-0.15, -0.1) is 0 Å². The fraction of sp³-hybridized carbons (Fsp3) is 0.438. The number of nitrogens with zero attached hydrogens (tertiary/aromatic N) is 2. The Morgan fingerprint density at radius 2 is 2.12 bits per heavy atom. The fourth-order valence-electron chi connectivity index (χ4n) is 2.95. The lowest BCUT2D eigenvalue weighted by Gasteiger charge is -2.27. The molecule has 0 spiro atoms. The van der Waals surface area contributed by atoms with Gasteiger partial charge in [0, 0.05) is 18.5 Å². The lowest BCUT2D eigenvalue weighted by molar-refractivity contribution is -0.133. The molecule has 1 fully saturated rings. The van der Waals surface area contributed by atoms with Crippen LogP contribution in [0.5, 0.6) is 0 Å². The number of hydrazone groups is 1. The highest BCUT2D eigenvalue weighted by Crippen LogP contribution is 2.23. The molecule has 2 heterocycles. The van der Waals surface area contributed by atoms with E-state index in [1.165, 1.54) is 18.2 Å². The second-order valence-electron chi connectivity index (χ2n) is 6.26. The molecule has 0 radical (unpaired) electrons. The number of carbonyl (C=O) groups excluding carboxylic acids is 2. The number of sulfone groups is 1. The first kappa shape index (κ1) is 17.5. The summed E-state index contributed by atoms with van der Waals surface area (Å²) >= 11 is 0. The maximum Gasteiger partial charge on any atom is 0.271 e. The molecule has 1 unspecified atom stereocenters. The summed E-state index contributed by atoms with van der Waals surface area (Å²) in [6.07, 6.45) is 0.607. The largest absolute Gasteiger partial charge is 0.321 e. The third-order valence-electron chi connectivity index (χ3n) is 4.31. The van der Waals surface area contributed by atoms with Crippen molar-refractivity contribution < 1.29 is 22.4 Å². The number of halogens is 1. The lowest BCUT2D eigenvalue weighted by atomic mass is 10.1. The van der Waals surface area contributed by atoms with Gasteiger partial charge >= 0.3 is 0 Å². The first-order valence-corrected chi connectivity index (χ1v) is 9.75. The first-order valence-electron chi connectivity index (χ1n) is 7.92. The zero-order valence-corrected chi connectivity index (χ0v) is 14.5. The van der Waals surface area contributed by atoms with Gasteiger partial charge in [-0.1, -0.05) is 0 Å². The highest BCUT2D eigenvalue weighted by atomic mass is 32.2. The number of hydrogen-bond acceptors (Lipinski definition) is 5. The van der Waals surface area contributed by atoms with Crippen LogP contribution in [0, 0.1) is 12.7 Å². The van der Waals surface area contributed by atoms with Crippen molar-refractivity contribution in [2.75, 3.05) is 16.8 Å². The molecule has 1 saturated heterocycles. The average Bonchev–Trinajstić information content (AvgIpc) is 2.90. The summed E-state index contributed by atoms with van der Waals surface area (Å²) in [7, 11) is -3.16. The third-order valence-corrected chi connectivity index (χ3v) is 6.06. The van der Waals surface area contributed by atoms with Gasteiger partial charge < -0.3 is 5.32 Å². The van der Waals surface area contributed by atoms with Crippen molar-refractivity contribution in [3.63, 3.8) is 0 Å². The van der Waals surface area contributed by atoms with E-state index in [0.29, 0.717) is 17.7 Å². The third kappa shape index (κ3) is 3.87. The van der Waals surface area contributed by atoms with Crippen LogP contribution >= 0.6 is 0 Å². The summed E-state index contributed by atoms with van der Waals surface area (Å²) in [4.78, 5) is 24.5. The van der Waals surface area contributed by atoms with Crippen LogP contribution in [0.1, 0.15) is 24.8 Å². The maximum absolute atomic E-state index is 13.1. The molecule has 2 amide bonds. The predicted octanol–water partition coefficient (Wildman–Crippen LogP) is 1.24. The number of anilines is 1. The minimum atomic E-state index is -3.16. The Hall–Kier alpha value is -2.29. The monoisotopic (exact) mass is 367 g/mol. The number of benzene rings is 1. The predicted molar refractivity (Wildman–Crippen MR) is 90.3 cm³/mol. The van der Waals surface area contributed by atoms with Gasteiger partial charge in [-0.05, 0) is 37.1 Å². The van der Waals surface area contributed by atoms with E-state index in [1.807, 2.05) is 0 Å². The van der Waals surface area contributed by atoms with Crippen LogP contribution in [0.25, 0.3) is 0 Å². The number of carbonyl (C=O) groups is 2. The molecule has 134 valence electrons. The van der Waals surface area contributed by atoms with Crippen LogP contribution in [0.3, 0.4) is 0 Å². The maximum atomic E-state index is 13.1. The number of aryl methyl sites for hydroxylation is 1.